The fourth-order valence-electron chi connectivity index (χ4n) is 2.92. The molecule has 0 bridgehead atoms. The van der Waals surface area contributed by atoms with Gasteiger partial charge >= 0.3 is 0 Å². The number of para-hydroxylation sites is 1. The van der Waals surface area contributed by atoms with Gasteiger partial charge < -0.3 is 14.6 Å². The quantitative estimate of drug-likeness (QED) is 0.532. The minimum Gasteiger partial charge on any atom is -0.492 e. The highest BCUT2D eigenvalue weighted by atomic mass is 35.5. The average Bonchev–Trinajstić information content (AvgIpc) is 2.70. The number of rotatable bonds is 8. The SMILES string of the molecule is CCN(Cc1nc2ccccc2c(=O)[nH]1)C(=O)CCCOc1ccc(Cl)cc1Cl. The van der Waals surface area contributed by atoms with E-state index in [9.17, 15) is 9.59 Å². The largest absolute Gasteiger partial charge is 0.492 e. The summed E-state index contributed by atoms with van der Waals surface area (Å²) < 4.78 is 5.62. The molecule has 3 aromatic rings. The number of ether oxygens (including phenoxy) is 1. The van der Waals surface area contributed by atoms with Crippen LogP contribution in [0.1, 0.15) is 25.6 Å². The van der Waals surface area contributed by atoms with Crippen molar-refractivity contribution in [3.8, 4) is 5.75 Å². The van der Waals surface area contributed by atoms with Gasteiger partial charge in [0, 0.05) is 18.0 Å². The highest BCUT2D eigenvalue weighted by Gasteiger charge is 2.14. The van der Waals surface area contributed by atoms with Crippen LogP contribution in [0.25, 0.3) is 10.9 Å². The summed E-state index contributed by atoms with van der Waals surface area (Å²) in [4.78, 5) is 33.6. The van der Waals surface area contributed by atoms with Gasteiger partial charge in [0.1, 0.15) is 11.6 Å². The van der Waals surface area contributed by atoms with Crippen LogP contribution in [0.4, 0.5) is 0 Å². The molecular weight excluding hydrogens is 413 g/mol. The summed E-state index contributed by atoms with van der Waals surface area (Å²) >= 11 is 11.9. The highest BCUT2D eigenvalue weighted by molar-refractivity contribution is 6.35. The van der Waals surface area contributed by atoms with Crippen molar-refractivity contribution in [2.24, 2.45) is 0 Å². The molecule has 29 heavy (non-hydrogen) atoms. The number of aromatic nitrogens is 2. The molecule has 3 rings (SSSR count). The Hall–Kier alpha value is -2.57. The predicted octanol–water partition coefficient (Wildman–Crippen LogP) is 4.44. The highest BCUT2D eigenvalue weighted by Crippen LogP contribution is 2.27. The maximum absolute atomic E-state index is 12.6. The van der Waals surface area contributed by atoms with Crippen molar-refractivity contribution in [3.05, 3.63) is 68.7 Å². The van der Waals surface area contributed by atoms with E-state index in [0.29, 0.717) is 58.5 Å². The number of benzene rings is 2. The molecule has 6 nitrogen and oxygen atoms in total. The Kier molecular flexibility index (Phi) is 7.12. The lowest BCUT2D eigenvalue weighted by Gasteiger charge is -2.20. The molecule has 0 aliphatic heterocycles. The number of amides is 1. The molecule has 152 valence electrons. The van der Waals surface area contributed by atoms with Crippen molar-refractivity contribution in [2.45, 2.75) is 26.3 Å². The molecule has 1 N–H and O–H groups in total. The third kappa shape index (κ3) is 5.49. The smallest absolute Gasteiger partial charge is 0.258 e. The number of hydrogen-bond acceptors (Lipinski definition) is 4. The fourth-order valence-corrected chi connectivity index (χ4v) is 3.39. The van der Waals surface area contributed by atoms with Crippen molar-refractivity contribution >= 4 is 40.0 Å². The Balaban J connectivity index is 1.56. The molecule has 8 heteroatoms. The molecule has 0 spiro atoms. The zero-order valence-corrected chi connectivity index (χ0v) is 17.5. The van der Waals surface area contributed by atoms with E-state index in [1.54, 1.807) is 41.3 Å². The summed E-state index contributed by atoms with van der Waals surface area (Å²) in [5.74, 6) is 0.969. The monoisotopic (exact) mass is 433 g/mol. The first-order valence-corrected chi connectivity index (χ1v) is 10.1. The molecule has 0 saturated heterocycles. The molecule has 0 radical (unpaired) electrons. The van der Waals surface area contributed by atoms with E-state index in [4.69, 9.17) is 27.9 Å². The second-order valence-electron chi connectivity index (χ2n) is 6.46. The van der Waals surface area contributed by atoms with Crippen molar-refractivity contribution in [3.63, 3.8) is 0 Å². The van der Waals surface area contributed by atoms with Crippen LogP contribution < -0.4 is 10.3 Å². The Morgan fingerprint density at radius 3 is 2.76 bits per heavy atom. The number of halogens is 2. The van der Waals surface area contributed by atoms with Gasteiger partial charge in [-0.25, -0.2) is 4.98 Å². The molecule has 0 fully saturated rings. The Bertz CT molecular complexity index is 1070. The van der Waals surface area contributed by atoms with Crippen LogP contribution in [-0.2, 0) is 11.3 Å². The minimum absolute atomic E-state index is 0.0332. The van der Waals surface area contributed by atoms with E-state index in [1.807, 2.05) is 13.0 Å². The zero-order valence-electron chi connectivity index (χ0n) is 16.0. The van der Waals surface area contributed by atoms with Crippen LogP contribution in [0.3, 0.4) is 0 Å². The van der Waals surface area contributed by atoms with Crippen molar-refractivity contribution in [2.75, 3.05) is 13.2 Å². The zero-order chi connectivity index (χ0) is 20.8. The van der Waals surface area contributed by atoms with Crippen LogP contribution in [0.15, 0.2) is 47.3 Å². The number of aromatic amines is 1. The number of fused-ring (bicyclic) bond motifs is 1. The molecule has 0 aliphatic carbocycles. The normalized spacial score (nSPS) is 10.9. The topological polar surface area (TPSA) is 75.3 Å². The molecule has 1 aromatic heterocycles. The van der Waals surface area contributed by atoms with Gasteiger partial charge in [0.15, 0.2) is 0 Å². The molecule has 0 saturated carbocycles. The number of nitrogens with zero attached hydrogens (tertiary/aromatic N) is 2. The molecular formula is C21H21Cl2N3O3. The average molecular weight is 434 g/mol. The van der Waals surface area contributed by atoms with Crippen molar-refractivity contribution in [1.29, 1.82) is 0 Å². The van der Waals surface area contributed by atoms with Crippen LogP contribution in [-0.4, -0.2) is 33.9 Å². The van der Waals surface area contributed by atoms with Gasteiger partial charge in [0.25, 0.3) is 5.56 Å². The number of nitrogens with one attached hydrogen (secondary N) is 1. The molecule has 0 aliphatic rings. The van der Waals surface area contributed by atoms with E-state index < -0.39 is 0 Å². The summed E-state index contributed by atoms with van der Waals surface area (Å²) in [6.07, 6.45) is 0.854. The maximum Gasteiger partial charge on any atom is 0.258 e. The van der Waals surface area contributed by atoms with Gasteiger partial charge in [0.2, 0.25) is 5.91 Å². The first-order valence-electron chi connectivity index (χ1n) is 9.31. The van der Waals surface area contributed by atoms with Crippen LogP contribution >= 0.6 is 23.2 Å². The maximum atomic E-state index is 12.6. The van der Waals surface area contributed by atoms with Crippen molar-refractivity contribution < 1.29 is 9.53 Å². The van der Waals surface area contributed by atoms with Crippen LogP contribution in [0, 0.1) is 0 Å². The van der Waals surface area contributed by atoms with Crippen LogP contribution in [0.5, 0.6) is 5.75 Å². The Morgan fingerprint density at radius 2 is 2.00 bits per heavy atom. The molecule has 2 aromatic carbocycles. The van der Waals surface area contributed by atoms with E-state index in [0.717, 1.165) is 0 Å². The minimum atomic E-state index is -0.206. The summed E-state index contributed by atoms with van der Waals surface area (Å²) in [6.45, 7) is 3.01. The Labute approximate surface area is 178 Å². The lowest BCUT2D eigenvalue weighted by Crippen LogP contribution is -2.32. The Morgan fingerprint density at radius 1 is 1.21 bits per heavy atom. The van der Waals surface area contributed by atoms with Gasteiger partial charge in [-0.15, -0.1) is 0 Å². The third-order valence-electron chi connectivity index (χ3n) is 4.42. The first-order chi connectivity index (χ1) is 14.0. The van der Waals surface area contributed by atoms with Gasteiger partial charge in [-0.2, -0.15) is 0 Å². The fraction of sp³-hybridized carbons (Fsp3) is 0.286. The molecule has 0 atom stereocenters. The molecule has 1 amide bonds. The van der Waals surface area contributed by atoms with E-state index >= 15 is 0 Å². The third-order valence-corrected chi connectivity index (χ3v) is 4.95. The molecule has 1 heterocycles. The standard InChI is InChI=1S/C21H21Cl2N3O3/c1-2-26(13-19-24-17-7-4-3-6-15(17)21(28)25-19)20(27)8-5-11-29-18-10-9-14(22)12-16(18)23/h3-4,6-7,9-10,12H,2,5,8,11,13H2,1H3,(H,24,25,28). The van der Waals surface area contributed by atoms with E-state index in [2.05, 4.69) is 9.97 Å². The number of hydrogen-bond donors (Lipinski definition) is 1. The second kappa shape index (κ2) is 9.76. The van der Waals surface area contributed by atoms with Crippen molar-refractivity contribution in [1.82, 2.24) is 14.9 Å². The number of carbonyl (C=O) groups is 1. The van der Waals surface area contributed by atoms with E-state index in [-0.39, 0.29) is 18.0 Å². The number of H-pyrrole nitrogens is 1. The summed E-state index contributed by atoms with van der Waals surface area (Å²) in [7, 11) is 0. The number of carbonyl (C=O) groups excluding carboxylic acids is 1. The summed E-state index contributed by atoms with van der Waals surface area (Å²) in [5.41, 5.74) is 0.408. The summed E-state index contributed by atoms with van der Waals surface area (Å²) in [6, 6.07) is 12.1. The van der Waals surface area contributed by atoms with E-state index in [1.165, 1.54) is 0 Å². The first kappa shape index (κ1) is 21.1. The lowest BCUT2D eigenvalue weighted by atomic mass is 10.2. The second-order valence-corrected chi connectivity index (χ2v) is 7.31. The van der Waals surface area contributed by atoms with Gasteiger partial charge in [-0.05, 0) is 43.7 Å². The van der Waals surface area contributed by atoms with Gasteiger partial charge in [0.05, 0.1) is 29.1 Å². The lowest BCUT2D eigenvalue weighted by molar-refractivity contribution is -0.131. The molecule has 0 unspecified atom stereocenters. The van der Waals surface area contributed by atoms with Gasteiger partial charge in [-0.3, -0.25) is 9.59 Å². The van der Waals surface area contributed by atoms with Crippen LogP contribution in [0.2, 0.25) is 10.0 Å². The van der Waals surface area contributed by atoms with Gasteiger partial charge in [-0.1, -0.05) is 35.3 Å². The predicted molar refractivity (Wildman–Crippen MR) is 115 cm³/mol. The summed E-state index contributed by atoms with van der Waals surface area (Å²) in [5, 5.41) is 1.51.